The van der Waals surface area contributed by atoms with Crippen LogP contribution in [0.3, 0.4) is 0 Å². The minimum atomic E-state index is -0.577. The molecule has 2 aliphatic rings. The molecule has 2 aromatic rings. The van der Waals surface area contributed by atoms with Crippen LogP contribution in [-0.2, 0) is 12.8 Å². The maximum atomic E-state index is 14.6. The number of rotatable bonds is 3. The molecule has 4 nitrogen and oxygen atoms in total. The highest BCUT2D eigenvalue weighted by molar-refractivity contribution is 9.10. The van der Waals surface area contributed by atoms with Crippen LogP contribution in [0.5, 0.6) is 11.6 Å². The molecule has 0 radical (unpaired) electrons. The smallest absolute Gasteiger partial charge is 0.261 e. The van der Waals surface area contributed by atoms with E-state index in [0.29, 0.717) is 34.2 Å². The Labute approximate surface area is 153 Å². The largest absolute Gasteiger partial charge is 0.494 e. The summed E-state index contributed by atoms with van der Waals surface area (Å²) in [5.41, 5.74) is 0.957. The average molecular weight is 408 g/mol. The van der Waals surface area contributed by atoms with E-state index in [1.54, 1.807) is 6.07 Å². The number of hydrogen-bond acceptors (Lipinski definition) is 3. The number of benzene rings is 1. The van der Waals surface area contributed by atoms with E-state index in [2.05, 4.69) is 15.9 Å². The molecule has 0 spiro atoms. The van der Waals surface area contributed by atoms with Gasteiger partial charge < -0.3 is 9.84 Å². The van der Waals surface area contributed by atoms with E-state index in [0.717, 1.165) is 36.7 Å². The summed E-state index contributed by atoms with van der Waals surface area (Å²) >= 11 is 3.34. The van der Waals surface area contributed by atoms with Crippen LogP contribution in [0.2, 0.25) is 0 Å². The first kappa shape index (κ1) is 16.6. The Hall–Kier alpha value is -1.82. The quantitative estimate of drug-likeness (QED) is 0.826. The van der Waals surface area contributed by atoms with Gasteiger partial charge in [-0.05, 0) is 73.0 Å². The van der Waals surface area contributed by atoms with Crippen molar-refractivity contribution in [2.75, 3.05) is 0 Å². The van der Waals surface area contributed by atoms with Crippen molar-refractivity contribution < 1.29 is 14.2 Å². The van der Waals surface area contributed by atoms with Crippen molar-refractivity contribution in [1.29, 1.82) is 0 Å². The Morgan fingerprint density at radius 2 is 1.84 bits per heavy atom. The van der Waals surface area contributed by atoms with Crippen molar-refractivity contribution in [1.82, 2.24) is 4.57 Å². The molecule has 2 aliphatic carbocycles. The lowest BCUT2D eigenvalue weighted by Gasteiger charge is -2.20. The lowest BCUT2D eigenvalue weighted by atomic mass is 9.97. The molecule has 1 fully saturated rings. The topological polar surface area (TPSA) is 51.5 Å². The zero-order valence-electron chi connectivity index (χ0n) is 13.7. The van der Waals surface area contributed by atoms with Gasteiger partial charge in [-0.3, -0.25) is 4.79 Å². The van der Waals surface area contributed by atoms with Gasteiger partial charge in [0.2, 0.25) is 5.88 Å². The molecule has 0 atom stereocenters. The summed E-state index contributed by atoms with van der Waals surface area (Å²) in [6, 6.07) is 4.53. The molecule has 0 saturated heterocycles. The fraction of sp³-hybridized carbons (Fsp3) is 0.421. The summed E-state index contributed by atoms with van der Waals surface area (Å²) in [5.74, 6) is -0.258. The van der Waals surface area contributed by atoms with Gasteiger partial charge in [0.25, 0.3) is 5.56 Å². The second-order valence-electron chi connectivity index (χ2n) is 6.77. The van der Waals surface area contributed by atoms with E-state index in [9.17, 15) is 14.3 Å². The molecule has 25 heavy (non-hydrogen) atoms. The molecule has 0 amide bonds. The summed E-state index contributed by atoms with van der Waals surface area (Å²) in [7, 11) is 0. The second-order valence-corrected chi connectivity index (χ2v) is 7.63. The van der Waals surface area contributed by atoms with E-state index in [-0.39, 0.29) is 23.2 Å². The van der Waals surface area contributed by atoms with Crippen molar-refractivity contribution >= 4 is 15.9 Å². The lowest BCUT2D eigenvalue weighted by molar-refractivity contribution is 0.208. The molecule has 1 aromatic heterocycles. The Kier molecular flexibility index (Phi) is 4.31. The predicted octanol–water partition coefficient (Wildman–Crippen LogP) is 4.25. The predicted molar refractivity (Wildman–Crippen MR) is 96.3 cm³/mol. The summed E-state index contributed by atoms with van der Waals surface area (Å²) < 4.78 is 22.2. The lowest BCUT2D eigenvalue weighted by Crippen LogP contribution is -2.26. The van der Waals surface area contributed by atoms with Crippen LogP contribution in [0.1, 0.15) is 43.2 Å². The number of fused-ring (bicyclic) bond motifs is 2. The maximum absolute atomic E-state index is 14.6. The van der Waals surface area contributed by atoms with E-state index in [4.69, 9.17) is 4.74 Å². The van der Waals surface area contributed by atoms with E-state index in [1.165, 1.54) is 12.1 Å². The number of pyridine rings is 1. The number of aromatic hydroxyl groups is 1. The zero-order chi connectivity index (χ0) is 17.6. The van der Waals surface area contributed by atoms with Crippen molar-refractivity contribution in [3.8, 4) is 17.3 Å². The SMILES string of the molecule is O=c1c2cc(c(O)n1-c1cc(OC3CCCC3)c(Br)cc1F)CCC2. The van der Waals surface area contributed by atoms with Crippen molar-refractivity contribution in [3.05, 3.63) is 50.0 Å². The number of aryl methyl sites for hydroxylation is 2. The molecular formula is C19H19BrFNO3. The summed E-state index contributed by atoms with van der Waals surface area (Å²) in [5, 5.41) is 10.5. The third-order valence-electron chi connectivity index (χ3n) is 5.06. The molecule has 4 rings (SSSR count). The van der Waals surface area contributed by atoms with Crippen LogP contribution < -0.4 is 10.3 Å². The third kappa shape index (κ3) is 2.97. The van der Waals surface area contributed by atoms with E-state index < -0.39 is 5.82 Å². The van der Waals surface area contributed by atoms with Crippen LogP contribution in [0.25, 0.3) is 5.69 Å². The molecule has 2 bridgehead atoms. The minimum Gasteiger partial charge on any atom is -0.494 e. The van der Waals surface area contributed by atoms with Gasteiger partial charge in [0.1, 0.15) is 11.6 Å². The Morgan fingerprint density at radius 1 is 1.12 bits per heavy atom. The van der Waals surface area contributed by atoms with Crippen molar-refractivity contribution in [2.24, 2.45) is 0 Å². The first-order valence-electron chi connectivity index (χ1n) is 8.67. The van der Waals surface area contributed by atoms with Crippen LogP contribution in [0, 0.1) is 5.82 Å². The summed E-state index contributed by atoms with van der Waals surface area (Å²) in [6.45, 7) is 0. The van der Waals surface area contributed by atoms with Crippen molar-refractivity contribution in [3.63, 3.8) is 0 Å². The fourth-order valence-corrected chi connectivity index (χ4v) is 4.15. The van der Waals surface area contributed by atoms with Crippen molar-refractivity contribution in [2.45, 2.75) is 51.0 Å². The van der Waals surface area contributed by atoms with Gasteiger partial charge in [-0.2, -0.15) is 0 Å². The Balaban J connectivity index is 1.83. The number of nitrogens with zero attached hydrogens (tertiary/aromatic N) is 1. The number of hydrogen-bond donors (Lipinski definition) is 1. The molecule has 0 aliphatic heterocycles. The van der Waals surface area contributed by atoms with Gasteiger partial charge in [-0.1, -0.05) is 0 Å². The van der Waals surface area contributed by atoms with Gasteiger partial charge in [0, 0.05) is 17.2 Å². The van der Waals surface area contributed by atoms with Crippen LogP contribution >= 0.6 is 15.9 Å². The van der Waals surface area contributed by atoms with Gasteiger partial charge in [0.15, 0.2) is 0 Å². The fourth-order valence-electron chi connectivity index (χ4n) is 3.74. The van der Waals surface area contributed by atoms with E-state index in [1.807, 2.05) is 0 Å². The summed E-state index contributed by atoms with van der Waals surface area (Å²) in [6.07, 6.45) is 6.47. The summed E-state index contributed by atoms with van der Waals surface area (Å²) in [4.78, 5) is 12.7. The second kappa shape index (κ2) is 6.48. The van der Waals surface area contributed by atoms with Crippen LogP contribution in [-0.4, -0.2) is 15.8 Å². The molecule has 1 heterocycles. The molecule has 6 heteroatoms. The molecular weight excluding hydrogens is 389 g/mol. The molecule has 132 valence electrons. The zero-order valence-corrected chi connectivity index (χ0v) is 15.3. The number of ether oxygens (including phenoxy) is 1. The Bertz CT molecular complexity index is 887. The first-order chi connectivity index (χ1) is 12.0. The van der Waals surface area contributed by atoms with Crippen LogP contribution in [0.15, 0.2) is 27.5 Å². The van der Waals surface area contributed by atoms with E-state index >= 15 is 0 Å². The number of halogens is 2. The molecule has 1 saturated carbocycles. The Morgan fingerprint density at radius 3 is 2.60 bits per heavy atom. The maximum Gasteiger partial charge on any atom is 0.261 e. The standard InChI is InChI=1S/C19H19BrFNO3/c20-14-9-15(21)16(10-17(14)25-13-6-1-2-7-13)22-18(23)11-4-3-5-12(8-11)19(22)24/h8-10,13,23H,1-7H2. The minimum absolute atomic E-state index is 0.0312. The monoisotopic (exact) mass is 407 g/mol. The molecule has 0 unspecified atom stereocenters. The highest BCUT2D eigenvalue weighted by Gasteiger charge is 2.23. The number of aromatic nitrogens is 1. The highest BCUT2D eigenvalue weighted by atomic mass is 79.9. The van der Waals surface area contributed by atoms with Gasteiger partial charge in [-0.25, -0.2) is 8.96 Å². The van der Waals surface area contributed by atoms with Crippen LogP contribution in [0.4, 0.5) is 4.39 Å². The average Bonchev–Trinajstić information content (AvgIpc) is 3.11. The van der Waals surface area contributed by atoms with Gasteiger partial charge >= 0.3 is 0 Å². The molecule has 1 aromatic carbocycles. The molecule has 1 N–H and O–H groups in total. The van der Waals surface area contributed by atoms with Gasteiger partial charge in [0.05, 0.1) is 16.3 Å². The first-order valence-corrected chi connectivity index (χ1v) is 9.46. The van der Waals surface area contributed by atoms with Gasteiger partial charge in [-0.15, -0.1) is 0 Å². The third-order valence-corrected chi connectivity index (χ3v) is 5.68. The highest BCUT2D eigenvalue weighted by Crippen LogP contribution is 2.35. The normalized spacial score (nSPS) is 17.0.